The van der Waals surface area contributed by atoms with Crippen LogP contribution in [0.1, 0.15) is 0 Å². The van der Waals surface area contributed by atoms with Gasteiger partial charge < -0.3 is 9.47 Å². The van der Waals surface area contributed by atoms with E-state index in [1.807, 2.05) is 0 Å². The molecular formula is C40H28N2. The highest BCUT2D eigenvalue weighted by Crippen LogP contribution is 2.44. The molecule has 2 nitrogen and oxygen atoms in total. The van der Waals surface area contributed by atoms with Crippen molar-refractivity contribution in [3.63, 3.8) is 0 Å². The fraction of sp³-hybridized carbons (Fsp3) is 0. The summed E-state index contributed by atoms with van der Waals surface area (Å²) < 4.78 is 2.41. The summed E-state index contributed by atoms with van der Waals surface area (Å²) in [6.45, 7) is 0. The fourth-order valence-corrected chi connectivity index (χ4v) is 6.33. The molecule has 2 heteroatoms. The number of fused-ring (bicyclic) bond motifs is 4. The van der Waals surface area contributed by atoms with E-state index in [0.717, 1.165) is 22.7 Å². The minimum absolute atomic E-state index is 1.12. The van der Waals surface area contributed by atoms with Crippen LogP contribution in [-0.4, -0.2) is 4.57 Å². The maximum Gasteiger partial charge on any atom is 0.0541 e. The van der Waals surface area contributed by atoms with E-state index in [2.05, 4.69) is 179 Å². The number of nitrogens with zero attached hydrogens (tertiary/aromatic N) is 2. The molecule has 0 fully saturated rings. The van der Waals surface area contributed by atoms with Crippen molar-refractivity contribution < 1.29 is 0 Å². The van der Waals surface area contributed by atoms with Gasteiger partial charge in [0, 0.05) is 33.4 Å². The average Bonchev–Trinajstić information content (AvgIpc) is 3.40. The molecule has 0 radical (unpaired) electrons. The summed E-state index contributed by atoms with van der Waals surface area (Å²) in [5.41, 5.74) is 9.35. The van der Waals surface area contributed by atoms with Gasteiger partial charge in [0.15, 0.2) is 0 Å². The van der Waals surface area contributed by atoms with Crippen LogP contribution in [0.3, 0.4) is 0 Å². The van der Waals surface area contributed by atoms with Crippen LogP contribution in [0.15, 0.2) is 170 Å². The smallest absolute Gasteiger partial charge is 0.0541 e. The van der Waals surface area contributed by atoms with Gasteiger partial charge >= 0.3 is 0 Å². The van der Waals surface area contributed by atoms with Gasteiger partial charge in [-0.3, -0.25) is 0 Å². The van der Waals surface area contributed by atoms with Crippen LogP contribution >= 0.6 is 0 Å². The van der Waals surface area contributed by atoms with Crippen molar-refractivity contribution in [1.82, 2.24) is 4.57 Å². The summed E-state index contributed by atoms with van der Waals surface area (Å²) >= 11 is 0. The van der Waals surface area contributed by atoms with Gasteiger partial charge in [-0.15, -0.1) is 0 Å². The van der Waals surface area contributed by atoms with Gasteiger partial charge in [0.1, 0.15) is 0 Å². The zero-order valence-corrected chi connectivity index (χ0v) is 23.1. The SMILES string of the molecule is c1ccc(N(c2ccccc2)c2ccccc2-c2cc(-n3c4ccccc4c4ccccc43)cc3ccccc23)cc1. The van der Waals surface area contributed by atoms with E-state index < -0.39 is 0 Å². The van der Waals surface area contributed by atoms with Crippen LogP contribution in [0.4, 0.5) is 17.1 Å². The molecule has 42 heavy (non-hydrogen) atoms. The first-order valence-electron chi connectivity index (χ1n) is 14.4. The highest BCUT2D eigenvalue weighted by Gasteiger charge is 2.19. The third-order valence-corrected chi connectivity index (χ3v) is 8.15. The normalized spacial score (nSPS) is 11.3. The van der Waals surface area contributed by atoms with E-state index in [4.69, 9.17) is 0 Å². The van der Waals surface area contributed by atoms with Crippen molar-refractivity contribution in [1.29, 1.82) is 0 Å². The third-order valence-electron chi connectivity index (χ3n) is 8.15. The maximum atomic E-state index is 2.41. The van der Waals surface area contributed by atoms with Crippen molar-refractivity contribution in [3.8, 4) is 16.8 Å². The second-order valence-corrected chi connectivity index (χ2v) is 10.6. The third kappa shape index (κ3) is 3.96. The molecule has 0 bridgehead atoms. The Labute approximate surface area is 245 Å². The zero-order valence-electron chi connectivity index (χ0n) is 23.1. The van der Waals surface area contributed by atoms with E-state index in [1.165, 1.54) is 43.7 Å². The summed E-state index contributed by atoms with van der Waals surface area (Å²) in [6, 6.07) is 60.9. The first-order chi connectivity index (χ1) is 20.9. The van der Waals surface area contributed by atoms with Gasteiger partial charge in [0.25, 0.3) is 0 Å². The van der Waals surface area contributed by atoms with E-state index in [-0.39, 0.29) is 0 Å². The lowest BCUT2D eigenvalue weighted by molar-refractivity contribution is 1.19. The second kappa shape index (κ2) is 10.1. The molecule has 0 spiro atoms. The highest BCUT2D eigenvalue weighted by atomic mass is 15.1. The number of aromatic nitrogens is 1. The molecule has 0 amide bonds. The lowest BCUT2D eigenvalue weighted by atomic mass is 9.95. The van der Waals surface area contributed by atoms with Crippen LogP contribution in [-0.2, 0) is 0 Å². The predicted molar refractivity (Wildman–Crippen MR) is 178 cm³/mol. The van der Waals surface area contributed by atoms with Crippen LogP contribution in [0.25, 0.3) is 49.4 Å². The number of rotatable bonds is 5. The predicted octanol–water partition coefficient (Wildman–Crippen LogP) is 11.1. The Morgan fingerprint density at radius 1 is 0.381 bits per heavy atom. The van der Waals surface area contributed by atoms with E-state index in [9.17, 15) is 0 Å². The van der Waals surface area contributed by atoms with Crippen LogP contribution in [0, 0.1) is 0 Å². The van der Waals surface area contributed by atoms with Gasteiger partial charge in [0.05, 0.1) is 16.7 Å². The van der Waals surface area contributed by atoms with Gasteiger partial charge in [-0.1, -0.05) is 115 Å². The van der Waals surface area contributed by atoms with Crippen molar-refractivity contribution in [2.24, 2.45) is 0 Å². The molecule has 0 aliphatic carbocycles. The summed E-state index contributed by atoms with van der Waals surface area (Å²) in [6.07, 6.45) is 0. The molecule has 7 aromatic carbocycles. The number of hydrogen-bond donors (Lipinski definition) is 0. The molecule has 0 saturated carbocycles. The minimum atomic E-state index is 1.12. The minimum Gasteiger partial charge on any atom is -0.310 e. The molecule has 1 aromatic heterocycles. The van der Waals surface area contributed by atoms with Crippen LogP contribution in [0.2, 0.25) is 0 Å². The van der Waals surface area contributed by atoms with Crippen molar-refractivity contribution in [2.45, 2.75) is 0 Å². The van der Waals surface area contributed by atoms with Crippen LogP contribution in [0.5, 0.6) is 0 Å². The Morgan fingerprint density at radius 2 is 0.881 bits per heavy atom. The van der Waals surface area contributed by atoms with Crippen LogP contribution < -0.4 is 4.90 Å². The first kappa shape index (κ1) is 24.2. The van der Waals surface area contributed by atoms with E-state index >= 15 is 0 Å². The summed E-state index contributed by atoms with van der Waals surface area (Å²) in [5, 5.41) is 4.98. The van der Waals surface area contributed by atoms with Gasteiger partial charge in [-0.05, 0) is 70.9 Å². The highest BCUT2D eigenvalue weighted by molar-refractivity contribution is 6.10. The number of benzene rings is 7. The molecule has 0 aliphatic heterocycles. The van der Waals surface area contributed by atoms with Crippen molar-refractivity contribution in [3.05, 3.63) is 170 Å². The topological polar surface area (TPSA) is 8.17 Å². The fourth-order valence-electron chi connectivity index (χ4n) is 6.33. The number of para-hydroxylation sites is 5. The van der Waals surface area contributed by atoms with Gasteiger partial charge in [-0.2, -0.15) is 0 Å². The quantitative estimate of drug-likeness (QED) is 0.212. The maximum absolute atomic E-state index is 2.41. The Hall–Kier alpha value is -5.60. The average molecular weight is 537 g/mol. The second-order valence-electron chi connectivity index (χ2n) is 10.6. The van der Waals surface area contributed by atoms with Gasteiger partial charge in [-0.25, -0.2) is 0 Å². The molecule has 0 aliphatic rings. The standard InChI is InChI=1S/C40H28N2/c1-3-16-30(17-4-1)41(31-18-5-2-6-19-31)38-24-12-11-23-36(38)37-28-32(27-29-15-7-8-20-33(29)37)42-39-25-13-9-21-34(39)35-22-10-14-26-40(35)42/h1-28H. The molecule has 0 atom stereocenters. The van der Waals surface area contributed by atoms with Gasteiger partial charge in [0.2, 0.25) is 0 Å². The van der Waals surface area contributed by atoms with Crippen molar-refractivity contribution in [2.75, 3.05) is 4.90 Å². The summed E-state index contributed by atoms with van der Waals surface area (Å²) in [7, 11) is 0. The van der Waals surface area contributed by atoms with Crippen molar-refractivity contribution >= 4 is 49.6 Å². The Balaban J connectivity index is 1.43. The van der Waals surface area contributed by atoms with E-state index in [1.54, 1.807) is 0 Å². The number of anilines is 3. The first-order valence-corrected chi connectivity index (χ1v) is 14.4. The molecular weight excluding hydrogens is 508 g/mol. The van der Waals surface area contributed by atoms with E-state index in [0.29, 0.717) is 0 Å². The molecule has 198 valence electrons. The lowest BCUT2D eigenvalue weighted by Crippen LogP contribution is -2.11. The largest absolute Gasteiger partial charge is 0.310 e. The monoisotopic (exact) mass is 536 g/mol. The molecule has 0 saturated heterocycles. The lowest BCUT2D eigenvalue weighted by Gasteiger charge is -2.28. The molecule has 1 heterocycles. The Morgan fingerprint density at radius 3 is 1.52 bits per heavy atom. The molecule has 8 rings (SSSR count). The Kier molecular flexibility index (Phi) is 5.82. The molecule has 8 aromatic rings. The summed E-state index contributed by atoms with van der Waals surface area (Å²) in [5.74, 6) is 0. The zero-order chi connectivity index (χ0) is 27.9. The Bertz CT molecular complexity index is 2100. The number of hydrogen-bond acceptors (Lipinski definition) is 1. The molecule has 0 unspecified atom stereocenters. The molecule has 0 N–H and O–H groups in total. The summed E-state index contributed by atoms with van der Waals surface area (Å²) in [4.78, 5) is 2.36.